The van der Waals surface area contributed by atoms with Crippen molar-refractivity contribution in [2.45, 2.75) is 36.4 Å². The second kappa shape index (κ2) is 2.84. The highest BCUT2D eigenvalue weighted by Crippen LogP contribution is 2.66. The summed E-state index contributed by atoms with van der Waals surface area (Å²) in [5.74, 6) is 0.307. The van der Waals surface area contributed by atoms with E-state index in [1.54, 1.807) is 0 Å². The Balaban J connectivity index is 2.00. The number of aliphatic carboxylic acids is 1. The number of halogens is 2. The summed E-state index contributed by atoms with van der Waals surface area (Å²) in [6.45, 7) is 0. The smallest absolute Gasteiger partial charge is 0.309 e. The fourth-order valence-corrected chi connectivity index (χ4v) is 4.83. The maximum atomic E-state index is 11.4. The molecule has 84 valence electrons. The Labute approximate surface area is 98.9 Å². The van der Waals surface area contributed by atoms with Crippen molar-refractivity contribution in [3.05, 3.63) is 0 Å². The summed E-state index contributed by atoms with van der Waals surface area (Å²) in [7, 11) is 0. The molecule has 4 saturated carbocycles. The molecule has 15 heavy (non-hydrogen) atoms. The molecule has 0 aromatic carbocycles. The Morgan fingerprint density at radius 1 is 1.13 bits per heavy atom. The van der Waals surface area contributed by atoms with E-state index < -0.39 is 15.7 Å². The molecule has 0 saturated heterocycles. The summed E-state index contributed by atoms with van der Waals surface area (Å²) >= 11 is 12.7. The maximum Gasteiger partial charge on any atom is 0.309 e. The molecule has 0 heterocycles. The zero-order chi connectivity index (χ0) is 10.8. The van der Waals surface area contributed by atoms with Gasteiger partial charge in [-0.25, -0.2) is 0 Å². The third-order valence-corrected chi connectivity index (χ3v) is 5.97. The van der Waals surface area contributed by atoms with E-state index in [1.165, 1.54) is 0 Å². The van der Waals surface area contributed by atoms with Crippen molar-refractivity contribution in [3.8, 4) is 0 Å². The molecule has 0 unspecified atom stereocenters. The van der Waals surface area contributed by atoms with Crippen LogP contribution in [0, 0.1) is 23.2 Å². The van der Waals surface area contributed by atoms with Gasteiger partial charge in [-0.15, -0.1) is 23.2 Å². The molecule has 0 radical (unpaired) electrons. The van der Waals surface area contributed by atoms with E-state index in [0.29, 0.717) is 18.8 Å². The van der Waals surface area contributed by atoms with Crippen LogP contribution in [0.1, 0.15) is 32.1 Å². The van der Waals surface area contributed by atoms with E-state index in [0.717, 1.165) is 19.3 Å². The van der Waals surface area contributed by atoms with Gasteiger partial charge in [0.2, 0.25) is 0 Å². The van der Waals surface area contributed by atoms with Crippen molar-refractivity contribution in [2.24, 2.45) is 23.2 Å². The van der Waals surface area contributed by atoms with Crippen molar-refractivity contribution in [3.63, 3.8) is 0 Å². The molecule has 4 heteroatoms. The van der Waals surface area contributed by atoms with E-state index in [9.17, 15) is 9.90 Å². The highest BCUT2D eigenvalue weighted by molar-refractivity contribution is 6.49. The molecule has 0 amide bonds. The van der Waals surface area contributed by atoms with Crippen molar-refractivity contribution < 1.29 is 9.90 Å². The Morgan fingerprint density at radius 3 is 2.13 bits per heavy atom. The number of hydrogen-bond donors (Lipinski definition) is 1. The first kappa shape index (κ1) is 10.2. The fourth-order valence-electron chi connectivity index (χ4n) is 4.16. The van der Waals surface area contributed by atoms with Gasteiger partial charge in [-0.05, 0) is 49.9 Å². The number of carboxylic acids is 1. The summed E-state index contributed by atoms with van der Waals surface area (Å²) in [6.07, 6.45) is 4.26. The average Bonchev–Trinajstić information content (AvgIpc) is 2.13. The summed E-state index contributed by atoms with van der Waals surface area (Å²) in [5, 5.41) is 9.36. The molecule has 4 fully saturated rings. The quantitative estimate of drug-likeness (QED) is 0.725. The first-order valence-corrected chi connectivity index (χ1v) is 6.31. The maximum absolute atomic E-state index is 11.4. The van der Waals surface area contributed by atoms with Crippen LogP contribution in [0.5, 0.6) is 0 Å². The first-order valence-electron chi connectivity index (χ1n) is 5.55. The van der Waals surface area contributed by atoms with Gasteiger partial charge in [-0.1, -0.05) is 0 Å². The minimum atomic E-state index is -0.657. The zero-order valence-electron chi connectivity index (χ0n) is 8.38. The third kappa shape index (κ3) is 1.21. The van der Waals surface area contributed by atoms with Crippen LogP contribution < -0.4 is 0 Å². The SMILES string of the molecule is O=C(O)C12CC3C[C@H](C1)C(Cl)(Cl)[C@H](C3)C2. The lowest BCUT2D eigenvalue weighted by molar-refractivity contribution is -0.165. The second-order valence-corrected chi connectivity index (χ2v) is 7.05. The molecule has 2 atom stereocenters. The van der Waals surface area contributed by atoms with Crippen molar-refractivity contribution in [2.75, 3.05) is 0 Å². The molecule has 0 aliphatic heterocycles. The number of carbonyl (C=O) groups is 1. The molecule has 4 aliphatic rings. The minimum Gasteiger partial charge on any atom is -0.481 e. The number of hydrogen-bond acceptors (Lipinski definition) is 1. The van der Waals surface area contributed by atoms with E-state index in [1.807, 2.05) is 0 Å². The monoisotopic (exact) mass is 248 g/mol. The summed E-state index contributed by atoms with van der Waals surface area (Å²) in [6, 6.07) is 0. The summed E-state index contributed by atoms with van der Waals surface area (Å²) in [4.78, 5) is 11.4. The van der Waals surface area contributed by atoms with Crippen molar-refractivity contribution in [1.29, 1.82) is 0 Å². The molecule has 0 spiro atoms. The van der Waals surface area contributed by atoms with Crippen molar-refractivity contribution >= 4 is 29.2 Å². The highest BCUT2D eigenvalue weighted by atomic mass is 35.5. The zero-order valence-corrected chi connectivity index (χ0v) is 9.89. The molecule has 4 rings (SSSR count). The standard InChI is InChI=1S/C11H14Cl2O2/c12-11(13)7-1-6-2-8(11)5-10(3-6,4-7)9(14)15/h6-8H,1-5H2,(H,14,15)/t6?,7-,8-,10?/m1/s1. The Hall–Kier alpha value is 0.0500. The number of rotatable bonds is 1. The largest absolute Gasteiger partial charge is 0.481 e. The Bertz CT molecular complexity index is 309. The van der Waals surface area contributed by atoms with E-state index in [2.05, 4.69) is 0 Å². The predicted octanol–water partition coefficient (Wildman–Crippen LogP) is 3.07. The molecular weight excluding hydrogens is 235 g/mol. The van der Waals surface area contributed by atoms with Crippen LogP contribution in [0.15, 0.2) is 0 Å². The van der Waals surface area contributed by atoms with Crippen LogP contribution in [0.25, 0.3) is 0 Å². The van der Waals surface area contributed by atoms with Crippen LogP contribution >= 0.6 is 23.2 Å². The number of alkyl halides is 2. The van der Waals surface area contributed by atoms with Crippen LogP contribution in [0.3, 0.4) is 0 Å². The van der Waals surface area contributed by atoms with Gasteiger partial charge in [0.25, 0.3) is 0 Å². The molecule has 4 aliphatic carbocycles. The first-order chi connectivity index (χ1) is 6.94. The van der Waals surface area contributed by atoms with E-state index >= 15 is 0 Å². The normalized spacial score (nSPS) is 50.7. The molecule has 0 aromatic heterocycles. The van der Waals surface area contributed by atoms with Crippen molar-refractivity contribution in [1.82, 2.24) is 0 Å². The van der Waals surface area contributed by atoms with Gasteiger partial charge >= 0.3 is 5.97 Å². The van der Waals surface area contributed by atoms with E-state index in [-0.39, 0.29) is 11.8 Å². The van der Waals surface area contributed by atoms with Gasteiger partial charge in [-0.2, -0.15) is 0 Å². The Morgan fingerprint density at radius 2 is 1.67 bits per heavy atom. The van der Waals surface area contributed by atoms with Crippen LogP contribution in [0.2, 0.25) is 0 Å². The van der Waals surface area contributed by atoms with Gasteiger partial charge < -0.3 is 5.11 Å². The Kier molecular flexibility index (Phi) is 1.93. The molecule has 1 N–H and O–H groups in total. The lowest BCUT2D eigenvalue weighted by Gasteiger charge is -2.59. The number of carboxylic acid groups (broad SMARTS) is 1. The van der Waals surface area contributed by atoms with Crippen LogP contribution in [-0.4, -0.2) is 15.4 Å². The molecular formula is C11H14Cl2O2. The molecule has 2 nitrogen and oxygen atoms in total. The average molecular weight is 249 g/mol. The second-order valence-electron chi connectivity index (χ2n) is 5.60. The summed E-state index contributed by atoms with van der Waals surface area (Å²) in [5.41, 5.74) is -0.496. The lowest BCUT2D eigenvalue weighted by atomic mass is 9.49. The van der Waals surface area contributed by atoms with Crippen LogP contribution in [0.4, 0.5) is 0 Å². The van der Waals surface area contributed by atoms with Gasteiger partial charge in [0.05, 0.1) is 5.41 Å². The topological polar surface area (TPSA) is 37.3 Å². The fraction of sp³-hybridized carbons (Fsp3) is 0.909. The highest BCUT2D eigenvalue weighted by Gasteiger charge is 2.63. The lowest BCUT2D eigenvalue weighted by Crippen LogP contribution is -2.58. The van der Waals surface area contributed by atoms with Gasteiger partial charge in [0.15, 0.2) is 0 Å². The van der Waals surface area contributed by atoms with Gasteiger partial charge in [0.1, 0.15) is 4.33 Å². The predicted molar refractivity (Wildman–Crippen MR) is 58.1 cm³/mol. The third-order valence-electron chi connectivity index (χ3n) is 4.73. The van der Waals surface area contributed by atoms with Crippen LogP contribution in [-0.2, 0) is 4.79 Å². The molecule has 0 aromatic rings. The van der Waals surface area contributed by atoms with Gasteiger partial charge in [-0.3, -0.25) is 4.79 Å². The van der Waals surface area contributed by atoms with E-state index in [4.69, 9.17) is 23.2 Å². The molecule has 4 bridgehead atoms. The summed E-state index contributed by atoms with van der Waals surface area (Å²) < 4.78 is -0.657. The minimum absolute atomic E-state index is 0.197. The van der Waals surface area contributed by atoms with Gasteiger partial charge in [0, 0.05) is 0 Å².